The van der Waals surface area contributed by atoms with Gasteiger partial charge in [0.15, 0.2) is 0 Å². The van der Waals surface area contributed by atoms with Gasteiger partial charge < -0.3 is 10.2 Å². The average molecular weight is 313 g/mol. The van der Waals surface area contributed by atoms with Gasteiger partial charge in [-0.25, -0.2) is 0 Å². The molecular weight excluding hydrogens is 286 g/mol. The summed E-state index contributed by atoms with van der Waals surface area (Å²) < 4.78 is 0. The Balaban J connectivity index is 1.52. The number of aliphatic hydroxyl groups excluding tert-OH is 2. The minimum atomic E-state index is -0.145. The van der Waals surface area contributed by atoms with Crippen LogP contribution >= 0.6 is 0 Å². The zero-order valence-electron chi connectivity index (χ0n) is 13.7. The molecule has 6 saturated carbocycles. The molecule has 124 valence electrons. The molecule has 3 saturated heterocycles. The molecule has 2 spiro atoms. The molecule has 3 heteroatoms. The van der Waals surface area contributed by atoms with Crippen LogP contribution in [0.1, 0.15) is 38.5 Å². The number of nitrogens with zero attached hydrogens (tertiary/aromatic N) is 1. The molecule has 0 aromatic rings. The standard InChI is InChI=1S/C20H27NO2/c1-10-6-19-7-13-15-18(9-22)3-2-4-20(15)16(19)14(23)11(10)5-12(19)17(20)21(13)8-18/h11-17,22-23H,1-9H2/t11-,12+,13?,14+,15+,16?,17-,18+,19+,20+/m1/s1. The quantitative estimate of drug-likeness (QED) is 0.726. The van der Waals surface area contributed by atoms with Crippen molar-refractivity contribution < 1.29 is 10.2 Å². The van der Waals surface area contributed by atoms with Crippen molar-refractivity contribution in [3.05, 3.63) is 12.2 Å². The molecule has 3 unspecified atom stereocenters. The molecule has 6 aliphatic carbocycles. The van der Waals surface area contributed by atoms with E-state index in [-0.39, 0.29) is 11.5 Å². The van der Waals surface area contributed by atoms with E-state index in [0.29, 0.717) is 41.2 Å². The fourth-order valence-corrected chi connectivity index (χ4v) is 10.5. The summed E-state index contributed by atoms with van der Waals surface area (Å²) in [5.74, 6) is 2.35. The monoisotopic (exact) mass is 313 g/mol. The Hall–Kier alpha value is -0.380. The van der Waals surface area contributed by atoms with Crippen LogP contribution in [0.2, 0.25) is 0 Å². The topological polar surface area (TPSA) is 43.7 Å². The number of piperidine rings is 2. The van der Waals surface area contributed by atoms with Crippen molar-refractivity contribution in [2.75, 3.05) is 13.2 Å². The Morgan fingerprint density at radius 2 is 2.13 bits per heavy atom. The molecule has 3 aliphatic heterocycles. The third-order valence-electron chi connectivity index (χ3n) is 10.3. The SMILES string of the molecule is C=C1C[C@@]23CC4[C@H]5[C@@]6(CO)CCC[C@@]57C2[C@@H](O)[C@@H]1C[C@H]3[C@H]7N4C6. The van der Waals surface area contributed by atoms with Crippen LogP contribution in [0.4, 0.5) is 0 Å². The lowest BCUT2D eigenvalue weighted by molar-refractivity contribution is -0.180. The van der Waals surface area contributed by atoms with Crippen LogP contribution in [0.15, 0.2) is 12.2 Å². The van der Waals surface area contributed by atoms with Crippen molar-refractivity contribution >= 4 is 0 Å². The second-order valence-corrected chi connectivity index (χ2v) is 10.3. The van der Waals surface area contributed by atoms with Crippen LogP contribution in [-0.2, 0) is 0 Å². The highest BCUT2D eigenvalue weighted by atomic mass is 16.3. The van der Waals surface area contributed by atoms with Gasteiger partial charge in [0.05, 0.1) is 12.7 Å². The van der Waals surface area contributed by atoms with Gasteiger partial charge in [0.2, 0.25) is 0 Å². The van der Waals surface area contributed by atoms with Crippen molar-refractivity contribution in [3.63, 3.8) is 0 Å². The molecular formula is C20H27NO2. The molecule has 3 nitrogen and oxygen atoms in total. The van der Waals surface area contributed by atoms with Gasteiger partial charge >= 0.3 is 0 Å². The highest BCUT2D eigenvalue weighted by molar-refractivity contribution is 5.41. The summed E-state index contributed by atoms with van der Waals surface area (Å²) in [5, 5.41) is 21.7. The molecule has 0 aromatic carbocycles. The van der Waals surface area contributed by atoms with Crippen LogP contribution in [0.25, 0.3) is 0 Å². The van der Waals surface area contributed by atoms with E-state index >= 15 is 0 Å². The second-order valence-electron chi connectivity index (χ2n) is 10.3. The lowest BCUT2D eigenvalue weighted by atomic mass is 9.40. The second kappa shape index (κ2) is 3.32. The Labute approximate surface area is 137 Å². The lowest BCUT2D eigenvalue weighted by Crippen LogP contribution is -2.64. The zero-order valence-corrected chi connectivity index (χ0v) is 13.7. The predicted molar refractivity (Wildman–Crippen MR) is 85.5 cm³/mol. The van der Waals surface area contributed by atoms with Crippen molar-refractivity contribution in [2.24, 2.45) is 39.9 Å². The zero-order chi connectivity index (χ0) is 15.4. The summed E-state index contributed by atoms with van der Waals surface area (Å²) in [4.78, 5) is 2.85. The van der Waals surface area contributed by atoms with E-state index in [1.54, 1.807) is 0 Å². The van der Waals surface area contributed by atoms with Gasteiger partial charge in [-0.15, -0.1) is 0 Å². The number of aliphatic hydroxyl groups is 2. The van der Waals surface area contributed by atoms with Crippen LogP contribution < -0.4 is 0 Å². The minimum Gasteiger partial charge on any atom is -0.396 e. The number of fused-ring (bicyclic) bond motifs is 1. The van der Waals surface area contributed by atoms with Crippen molar-refractivity contribution in [1.29, 1.82) is 0 Å². The fraction of sp³-hybridized carbons (Fsp3) is 0.900. The summed E-state index contributed by atoms with van der Waals surface area (Å²) in [5.41, 5.74) is 2.22. The molecule has 9 rings (SSSR count). The highest BCUT2D eigenvalue weighted by Gasteiger charge is 2.88. The van der Waals surface area contributed by atoms with E-state index in [2.05, 4.69) is 11.5 Å². The van der Waals surface area contributed by atoms with E-state index in [1.165, 1.54) is 44.1 Å². The normalized spacial score (nSPS) is 72.3. The first-order valence-corrected chi connectivity index (χ1v) is 9.81. The third kappa shape index (κ3) is 0.950. The molecule has 0 radical (unpaired) electrons. The molecule has 9 fully saturated rings. The van der Waals surface area contributed by atoms with Crippen molar-refractivity contribution in [2.45, 2.75) is 56.7 Å². The maximum Gasteiger partial charge on any atom is 0.0645 e. The average Bonchev–Trinajstić information content (AvgIpc) is 2.98. The van der Waals surface area contributed by atoms with Gasteiger partial charge in [0.1, 0.15) is 0 Å². The minimum absolute atomic E-state index is 0.145. The van der Waals surface area contributed by atoms with Crippen LogP contribution in [-0.4, -0.2) is 46.5 Å². The van der Waals surface area contributed by atoms with Crippen LogP contribution in [0, 0.1) is 39.9 Å². The van der Waals surface area contributed by atoms with Crippen LogP contribution in [0.3, 0.4) is 0 Å². The van der Waals surface area contributed by atoms with E-state index in [1.807, 2.05) is 0 Å². The molecule has 9 aliphatic rings. The number of rotatable bonds is 1. The predicted octanol–water partition coefficient (Wildman–Crippen LogP) is 1.79. The first kappa shape index (κ1) is 12.9. The van der Waals surface area contributed by atoms with Crippen LogP contribution in [0.5, 0.6) is 0 Å². The molecule has 0 aromatic heterocycles. The van der Waals surface area contributed by atoms with E-state index in [0.717, 1.165) is 18.5 Å². The third-order valence-corrected chi connectivity index (χ3v) is 10.3. The largest absolute Gasteiger partial charge is 0.396 e. The summed E-state index contributed by atoms with van der Waals surface area (Å²) in [6.07, 6.45) is 7.34. The maximum absolute atomic E-state index is 11.3. The molecule has 0 amide bonds. The summed E-state index contributed by atoms with van der Waals surface area (Å²) in [6, 6.07) is 1.43. The van der Waals surface area contributed by atoms with Gasteiger partial charge in [-0.05, 0) is 60.7 Å². The molecule has 3 heterocycles. The lowest BCUT2D eigenvalue weighted by Gasteiger charge is -2.64. The van der Waals surface area contributed by atoms with E-state index in [9.17, 15) is 10.2 Å². The van der Waals surface area contributed by atoms with Gasteiger partial charge in [-0.3, -0.25) is 4.90 Å². The summed E-state index contributed by atoms with van der Waals surface area (Å²) in [6.45, 7) is 5.89. The first-order valence-electron chi connectivity index (χ1n) is 9.81. The number of hydrogen-bond donors (Lipinski definition) is 2. The van der Waals surface area contributed by atoms with Crippen molar-refractivity contribution in [3.8, 4) is 0 Å². The fourth-order valence-electron chi connectivity index (χ4n) is 10.5. The number of hydrogen-bond acceptors (Lipinski definition) is 3. The maximum atomic E-state index is 11.3. The Morgan fingerprint density at radius 3 is 2.96 bits per heavy atom. The Kier molecular flexibility index (Phi) is 1.86. The van der Waals surface area contributed by atoms with E-state index < -0.39 is 0 Å². The molecule has 9 bridgehead atoms. The van der Waals surface area contributed by atoms with Crippen molar-refractivity contribution in [1.82, 2.24) is 4.90 Å². The summed E-state index contributed by atoms with van der Waals surface area (Å²) >= 11 is 0. The smallest absolute Gasteiger partial charge is 0.0645 e. The van der Waals surface area contributed by atoms with Gasteiger partial charge in [-0.1, -0.05) is 18.6 Å². The van der Waals surface area contributed by atoms with Gasteiger partial charge in [-0.2, -0.15) is 0 Å². The van der Waals surface area contributed by atoms with E-state index in [4.69, 9.17) is 0 Å². The Morgan fingerprint density at radius 1 is 1.26 bits per heavy atom. The molecule has 2 N–H and O–H groups in total. The Bertz CT molecular complexity index is 662. The first-order chi connectivity index (χ1) is 11.1. The highest BCUT2D eigenvalue weighted by Crippen LogP contribution is 2.87. The van der Waals surface area contributed by atoms with Gasteiger partial charge in [0, 0.05) is 30.0 Å². The summed E-state index contributed by atoms with van der Waals surface area (Å²) in [7, 11) is 0. The molecule has 11 atom stereocenters. The molecule has 23 heavy (non-hydrogen) atoms. The van der Waals surface area contributed by atoms with Gasteiger partial charge in [0.25, 0.3) is 0 Å².